The van der Waals surface area contributed by atoms with Gasteiger partial charge in [-0.25, -0.2) is 8.78 Å². The molecule has 0 amide bonds. The van der Waals surface area contributed by atoms with E-state index >= 15 is 0 Å². The summed E-state index contributed by atoms with van der Waals surface area (Å²) in [6, 6.07) is 1.77. The molecule has 1 atom stereocenters. The van der Waals surface area contributed by atoms with E-state index in [2.05, 4.69) is 0 Å². The van der Waals surface area contributed by atoms with E-state index in [4.69, 9.17) is 10.5 Å². The molecule has 1 aromatic carbocycles. The van der Waals surface area contributed by atoms with Crippen molar-refractivity contribution < 1.29 is 13.5 Å². The number of ether oxygens (including phenoxy) is 1. The molecule has 1 aromatic rings. The van der Waals surface area contributed by atoms with Crippen molar-refractivity contribution in [3.63, 3.8) is 0 Å². The van der Waals surface area contributed by atoms with E-state index in [-0.39, 0.29) is 6.04 Å². The van der Waals surface area contributed by atoms with Gasteiger partial charge in [0, 0.05) is 17.7 Å². The summed E-state index contributed by atoms with van der Waals surface area (Å²) in [5.41, 5.74) is 6.21. The van der Waals surface area contributed by atoms with Crippen LogP contribution in [0.4, 0.5) is 8.78 Å². The Labute approximate surface area is 81.7 Å². The van der Waals surface area contributed by atoms with Crippen LogP contribution in [0.3, 0.4) is 0 Å². The molecule has 0 fully saturated rings. The Bertz CT molecular complexity index is 328. The van der Waals surface area contributed by atoms with Crippen LogP contribution in [0.2, 0.25) is 0 Å². The lowest BCUT2D eigenvalue weighted by Gasteiger charge is -2.14. The van der Waals surface area contributed by atoms with Crippen LogP contribution in [0.1, 0.15) is 24.9 Å². The van der Waals surface area contributed by atoms with Crippen molar-refractivity contribution in [3.8, 4) is 5.75 Å². The Balaban J connectivity index is 3.19. The predicted molar refractivity (Wildman–Crippen MR) is 50.1 cm³/mol. The van der Waals surface area contributed by atoms with Gasteiger partial charge in [-0.05, 0) is 12.5 Å². The van der Waals surface area contributed by atoms with Gasteiger partial charge in [-0.3, -0.25) is 0 Å². The molecule has 0 aliphatic heterocycles. The van der Waals surface area contributed by atoms with E-state index in [1.165, 1.54) is 7.11 Å². The highest BCUT2D eigenvalue weighted by molar-refractivity contribution is 5.37. The Morgan fingerprint density at radius 3 is 2.43 bits per heavy atom. The average molecular weight is 201 g/mol. The number of halogens is 2. The monoisotopic (exact) mass is 201 g/mol. The summed E-state index contributed by atoms with van der Waals surface area (Å²) in [4.78, 5) is 0. The zero-order chi connectivity index (χ0) is 10.7. The number of methoxy groups -OCH3 is 1. The first-order chi connectivity index (χ1) is 6.60. The number of hydrogen-bond donors (Lipinski definition) is 1. The maximum absolute atomic E-state index is 12.9. The minimum absolute atomic E-state index is 0.290. The lowest BCUT2D eigenvalue weighted by molar-refractivity contribution is 0.396. The summed E-state index contributed by atoms with van der Waals surface area (Å²) >= 11 is 0. The first kappa shape index (κ1) is 10.9. The van der Waals surface area contributed by atoms with Crippen LogP contribution in [0.5, 0.6) is 5.75 Å². The standard InChI is InChI=1S/C10H13F2NO/c1-3-9(13)6-4-7(11)8(12)5-10(6)14-2/h4-5,9H,3,13H2,1-2H3/t9-/m1/s1. The van der Waals surface area contributed by atoms with Crippen LogP contribution in [-0.4, -0.2) is 7.11 Å². The van der Waals surface area contributed by atoms with E-state index in [0.29, 0.717) is 17.7 Å². The molecule has 2 nitrogen and oxygen atoms in total. The molecule has 2 N–H and O–H groups in total. The molecule has 4 heteroatoms. The quantitative estimate of drug-likeness (QED) is 0.814. The summed E-state index contributed by atoms with van der Waals surface area (Å²) in [5.74, 6) is -1.53. The highest BCUT2D eigenvalue weighted by Gasteiger charge is 2.14. The van der Waals surface area contributed by atoms with Crippen molar-refractivity contribution in [2.24, 2.45) is 5.73 Å². The number of hydrogen-bond acceptors (Lipinski definition) is 2. The number of benzene rings is 1. The Hall–Kier alpha value is -1.16. The highest BCUT2D eigenvalue weighted by atomic mass is 19.2. The van der Waals surface area contributed by atoms with E-state index in [1.807, 2.05) is 6.92 Å². The minimum atomic E-state index is -0.922. The van der Waals surface area contributed by atoms with Gasteiger partial charge < -0.3 is 10.5 Å². The van der Waals surface area contributed by atoms with Crippen molar-refractivity contribution in [2.75, 3.05) is 7.11 Å². The second-order valence-electron chi connectivity index (χ2n) is 3.02. The molecule has 0 bridgehead atoms. The molecule has 0 spiro atoms. The van der Waals surface area contributed by atoms with Crippen molar-refractivity contribution in [1.82, 2.24) is 0 Å². The van der Waals surface area contributed by atoms with Crippen molar-refractivity contribution >= 4 is 0 Å². The summed E-state index contributed by atoms with van der Waals surface area (Å²) in [7, 11) is 1.40. The molecule has 0 radical (unpaired) electrons. The lowest BCUT2D eigenvalue weighted by Crippen LogP contribution is -2.11. The van der Waals surface area contributed by atoms with E-state index < -0.39 is 11.6 Å². The van der Waals surface area contributed by atoms with Gasteiger partial charge in [-0.1, -0.05) is 6.92 Å². The van der Waals surface area contributed by atoms with Crippen LogP contribution in [0, 0.1) is 11.6 Å². The van der Waals surface area contributed by atoms with Gasteiger partial charge in [0.25, 0.3) is 0 Å². The van der Waals surface area contributed by atoms with Gasteiger partial charge >= 0.3 is 0 Å². The molecule has 1 rings (SSSR count). The fourth-order valence-corrected chi connectivity index (χ4v) is 1.23. The number of rotatable bonds is 3. The van der Waals surface area contributed by atoms with Crippen molar-refractivity contribution in [3.05, 3.63) is 29.3 Å². The molecular formula is C10H13F2NO. The Kier molecular flexibility index (Phi) is 3.41. The van der Waals surface area contributed by atoms with Gasteiger partial charge in [0.05, 0.1) is 7.11 Å². The maximum atomic E-state index is 12.9. The molecule has 0 aliphatic rings. The van der Waals surface area contributed by atoms with Gasteiger partial charge in [0.2, 0.25) is 0 Å². The molecule has 78 valence electrons. The normalized spacial score (nSPS) is 12.6. The molecule has 14 heavy (non-hydrogen) atoms. The Morgan fingerprint density at radius 1 is 1.36 bits per heavy atom. The van der Waals surface area contributed by atoms with Crippen molar-refractivity contribution in [1.29, 1.82) is 0 Å². The third-order valence-corrected chi connectivity index (χ3v) is 2.11. The van der Waals surface area contributed by atoms with E-state index in [1.54, 1.807) is 0 Å². The van der Waals surface area contributed by atoms with E-state index in [0.717, 1.165) is 12.1 Å². The second-order valence-corrected chi connectivity index (χ2v) is 3.02. The number of nitrogens with two attached hydrogens (primary N) is 1. The molecule has 0 heterocycles. The predicted octanol–water partition coefficient (Wildman–Crippen LogP) is 2.38. The minimum Gasteiger partial charge on any atom is -0.496 e. The molecule has 0 unspecified atom stereocenters. The average Bonchev–Trinajstić information content (AvgIpc) is 2.20. The molecule has 0 aromatic heterocycles. The zero-order valence-corrected chi connectivity index (χ0v) is 8.18. The fourth-order valence-electron chi connectivity index (χ4n) is 1.23. The van der Waals surface area contributed by atoms with Gasteiger partial charge in [0.15, 0.2) is 11.6 Å². The molecule has 0 saturated heterocycles. The van der Waals surface area contributed by atoms with Crippen LogP contribution in [0.25, 0.3) is 0 Å². The third-order valence-electron chi connectivity index (χ3n) is 2.11. The third kappa shape index (κ3) is 2.01. The lowest BCUT2D eigenvalue weighted by atomic mass is 10.0. The maximum Gasteiger partial charge on any atom is 0.162 e. The topological polar surface area (TPSA) is 35.2 Å². The van der Waals surface area contributed by atoms with Crippen molar-refractivity contribution in [2.45, 2.75) is 19.4 Å². The van der Waals surface area contributed by atoms with Gasteiger partial charge in [-0.2, -0.15) is 0 Å². The highest BCUT2D eigenvalue weighted by Crippen LogP contribution is 2.27. The van der Waals surface area contributed by atoms with Crippen LogP contribution in [0.15, 0.2) is 12.1 Å². The second kappa shape index (κ2) is 4.37. The molecular weight excluding hydrogens is 188 g/mol. The van der Waals surface area contributed by atoms with E-state index in [9.17, 15) is 8.78 Å². The summed E-state index contributed by atoms with van der Waals surface area (Å²) in [6.45, 7) is 1.87. The van der Waals surface area contributed by atoms with Crippen LogP contribution in [-0.2, 0) is 0 Å². The van der Waals surface area contributed by atoms with Gasteiger partial charge in [-0.15, -0.1) is 0 Å². The summed E-state index contributed by atoms with van der Waals surface area (Å²) in [5, 5.41) is 0. The smallest absolute Gasteiger partial charge is 0.162 e. The first-order valence-electron chi connectivity index (χ1n) is 4.38. The summed E-state index contributed by atoms with van der Waals surface area (Å²) < 4.78 is 30.6. The molecule has 0 aliphatic carbocycles. The first-order valence-corrected chi connectivity index (χ1v) is 4.38. The largest absolute Gasteiger partial charge is 0.496 e. The SMILES string of the molecule is CC[C@@H](N)c1cc(F)c(F)cc1OC. The fraction of sp³-hybridized carbons (Fsp3) is 0.400. The Morgan fingerprint density at radius 2 is 1.93 bits per heavy atom. The molecule has 0 saturated carbocycles. The van der Waals surface area contributed by atoms with Gasteiger partial charge in [0.1, 0.15) is 5.75 Å². The van der Waals surface area contributed by atoms with Crippen LogP contribution < -0.4 is 10.5 Å². The summed E-state index contributed by atoms with van der Waals surface area (Å²) in [6.07, 6.45) is 0.640. The zero-order valence-electron chi connectivity index (χ0n) is 8.18. The van der Waals surface area contributed by atoms with Crippen LogP contribution >= 0.6 is 0 Å².